The van der Waals surface area contributed by atoms with Gasteiger partial charge in [0.25, 0.3) is 0 Å². The lowest BCUT2D eigenvalue weighted by Gasteiger charge is -2.41. The molecule has 0 aromatic heterocycles. The molecule has 15 heavy (non-hydrogen) atoms. The third-order valence-corrected chi connectivity index (χ3v) is 3.27. The molecule has 0 radical (unpaired) electrons. The molecule has 1 saturated carbocycles. The number of carboxylic acid groups (broad SMARTS) is 1. The van der Waals surface area contributed by atoms with Crippen LogP contribution in [-0.4, -0.2) is 40.6 Å². The Morgan fingerprint density at radius 3 is 2.47 bits per heavy atom. The molecule has 2 rings (SSSR count). The van der Waals surface area contributed by atoms with E-state index in [0.29, 0.717) is 18.9 Å². The number of nitrogens with one attached hydrogen (secondary N) is 1. The van der Waals surface area contributed by atoms with Gasteiger partial charge in [-0.05, 0) is 25.2 Å². The van der Waals surface area contributed by atoms with Gasteiger partial charge < -0.3 is 15.3 Å². The summed E-state index contributed by atoms with van der Waals surface area (Å²) in [6, 6.07) is -0.574. The van der Waals surface area contributed by atoms with Crippen LogP contribution in [0.2, 0.25) is 0 Å². The van der Waals surface area contributed by atoms with Crippen LogP contribution in [0, 0.1) is 5.92 Å². The monoisotopic (exact) mass is 212 g/mol. The Morgan fingerprint density at radius 2 is 2.07 bits per heavy atom. The lowest BCUT2D eigenvalue weighted by atomic mass is 9.82. The van der Waals surface area contributed by atoms with Crippen LogP contribution in [0.3, 0.4) is 0 Å². The Morgan fingerprint density at radius 1 is 1.40 bits per heavy atom. The van der Waals surface area contributed by atoms with Crippen molar-refractivity contribution in [2.45, 2.75) is 38.3 Å². The van der Waals surface area contributed by atoms with Gasteiger partial charge in [0.05, 0.1) is 0 Å². The van der Waals surface area contributed by atoms with Gasteiger partial charge in [-0.3, -0.25) is 0 Å². The van der Waals surface area contributed by atoms with Crippen LogP contribution >= 0.6 is 0 Å². The highest BCUT2D eigenvalue weighted by Crippen LogP contribution is 2.27. The highest BCUT2D eigenvalue weighted by atomic mass is 16.4. The van der Waals surface area contributed by atoms with E-state index in [4.69, 9.17) is 5.11 Å². The zero-order chi connectivity index (χ0) is 11.0. The van der Waals surface area contributed by atoms with E-state index in [1.807, 2.05) is 0 Å². The van der Waals surface area contributed by atoms with Gasteiger partial charge >= 0.3 is 12.0 Å². The minimum atomic E-state index is -0.904. The molecule has 2 fully saturated rings. The molecule has 0 bridgehead atoms. The van der Waals surface area contributed by atoms with Crippen LogP contribution in [0.5, 0.6) is 0 Å². The molecule has 84 valence electrons. The fraction of sp³-hybridized carbons (Fsp3) is 0.800. The smallest absolute Gasteiger partial charge is 0.326 e. The van der Waals surface area contributed by atoms with Gasteiger partial charge in [-0.25, -0.2) is 9.59 Å². The third kappa shape index (κ3) is 1.91. The van der Waals surface area contributed by atoms with E-state index in [1.165, 1.54) is 4.90 Å². The van der Waals surface area contributed by atoms with Crippen LogP contribution in [0.4, 0.5) is 4.79 Å². The number of rotatable bonds is 2. The topological polar surface area (TPSA) is 69.6 Å². The van der Waals surface area contributed by atoms with E-state index in [0.717, 1.165) is 12.8 Å². The number of carbonyl (C=O) groups is 2. The molecule has 1 aliphatic carbocycles. The predicted molar refractivity (Wildman–Crippen MR) is 53.5 cm³/mol. The number of hydrogen-bond donors (Lipinski definition) is 2. The van der Waals surface area contributed by atoms with Crippen LogP contribution in [0.1, 0.15) is 26.2 Å². The maximum absolute atomic E-state index is 11.6. The number of amides is 2. The van der Waals surface area contributed by atoms with Crippen molar-refractivity contribution in [3.05, 3.63) is 0 Å². The van der Waals surface area contributed by atoms with E-state index in [2.05, 4.69) is 12.2 Å². The van der Waals surface area contributed by atoms with E-state index < -0.39 is 12.0 Å². The molecule has 1 saturated heterocycles. The molecule has 0 spiro atoms. The SMILES string of the molecule is CC1CC(NC(=O)N2CCC2C(=O)O)C1. The number of urea groups is 1. The summed E-state index contributed by atoms with van der Waals surface area (Å²) in [5.41, 5.74) is 0. The fourth-order valence-corrected chi connectivity index (χ4v) is 2.16. The summed E-state index contributed by atoms with van der Waals surface area (Å²) in [7, 11) is 0. The second kappa shape index (κ2) is 3.72. The first-order chi connectivity index (χ1) is 7.08. The average Bonchev–Trinajstić information content (AvgIpc) is 1.97. The standard InChI is InChI=1S/C10H16N2O3/c1-6-4-7(5-6)11-10(15)12-3-2-8(12)9(13)14/h6-8H,2-5H2,1H3,(H,11,15)(H,13,14). The van der Waals surface area contributed by atoms with Gasteiger partial charge in [-0.2, -0.15) is 0 Å². The molecule has 2 amide bonds. The second-order valence-electron chi connectivity index (χ2n) is 4.56. The molecule has 1 aliphatic heterocycles. The number of hydrogen-bond acceptors (Lipinski definition) is 2. The number of nitrogens with zero attached hydrogens (tertiary/aromatic N) is 1. The largest absolute Gasteiger partial charge is 0.480 e. The van der Waals surface area contributed by atoms with Crippen molar-refractivity contribution >= 4 is 12.0 Å². The molecular weight excluding hydrogens is 196 g/mol. The summed E-state index contributed by atoms with van der Waals surface area (Å²) < 4.78 is 0. The van der Waals surface area contributed by atoms with Gasteiger partial charge in [-0.1, -0.05) is 6.92 Å². The lowest BCUT2D eigenvalue weighted by Crippen LogP contribution is -2.60. The molecule has 1 unspecified atom stereocenters. The number of aliphatic carboxylic acids is 1. The molecular formula is C10H16N2O3. The fourth-order valence-electron chi connectivity index (χ4n) is 2.16. The Hall–Kier alpha value is -1.26. The maximum atomic E-state index is 11.6. The van der Waals surface area contributed by atoms with Crippen LogP contribution < -0.4 is 5.32 Å². The van der Waals surface area contributed by atoms with Crippen molar-refractivity contribution in [2.75, 3.05) is 6.54 Å². The Balaban J connectivity index is 1.79. The van der Waals surface area contributed by atoms with Crippen LogP contribution in [0.25, 0.3) is 0 Å². The molecule has 0 aromatic rings. The quantitative estimate of drug-likeness (QED) is 0.706. The van der Waals surface area contributed by atoms with Crippen LogP contribution in [-0.2, 0) is 4.79 Å². The van der Waals surface area contributed by atoms with Gasteiger partial charge in [0.1, 0.15) is 6.04 Å². The highest BCUT2D eigenvalue weighted by molar-refractivity contribution is 5.84. The molecule has 2 aliphatic rings. The van der Waals surface area contributed by atoms with Crippen molar-refractivity contribution in [1.29, 1.82) is 0 Å². The van der Waals surface area contributed by atoms with E-state index in [-0.39, 0.29) is 12.1 Å². The number of carboxylic acids is 1. The number of likely N-dealkylation sites (tertiary alicyclic amines) is 1. The first-order valence-electron chi connectivity index (χ1n) is 5.38. The molecule has 1 heterocycles. The summed E-state index contributed by atoms with van der Waals surface area (Å²) in [5.74, 6) is -0.222. The van der Waals surface area contributed by atoms with Crippen LogP contribution in [0.15, 0.2) is 0 Å². The first kappa shape index (κ1) is 10.3. The summed E-state index contributed by atoms with van der Waals surface area (Å²) in [6.07, 6.45) is 2.60. The van der Waals surface area contributed by atoms with Gasteiger partial charge in [0.15, 0.2) is 0 Å². The Kier molecular flexibility index (Phi) is 2.54. The summed E-state index contributed by atoms with van der Waals surface area (Å²) in [5, 5.41) is 11.6. The summed E-state index contributed by atoms with van der Waals surface area (Å²) in [4.78, 5) is 23.7. The second-order valence-corrected chi connectivity index (χ2v) is 4.56. The third-order valence-electron chi connectivity index (χ3n) is 3.27. The molecule has 0 aromatic carbocycles. The van der Waals surface area contributed by atoms with E-state index in [9.17, 15) is 9.59 Å². The predicted octanol–water partition coefficient (Wildman–Crippen LogP) is 0.653. The first-order valence-corrected chi connectivity index (χ1v) is 5.38. The molecule has 1 atom stereocenters. The Labute approximate surface area is 88.4 Å². The zero-order valence-electron chi connectivity index (χ0n) is 8.77. The molecule has 2 N–H and O–H groups in total. The molecule has 5 heteroatoms. The zero-order valence-corrected chi connectivity index (χ0v) is 8.77. The normalized spacial score (nSPS) is 33.9. The minimum Gasteiger partial charge on any atom is -0.480 e. The van der Waals surface area contributed by atoms with Crippen molar-refractivity contribution < 1.29 is 14.7 Å². The van der Waals surface area contributed by atoms with Crippen molar-refractivity contribution in [1.82, 2.24) is 10.2 Å². The average molecular weight is 212 g/mol. The molecule has 5 nitrogen and oxygen atoms in total. The maximum Gasteiger partial charge on any atom is 0.326 e. The highest BCUT2D eigenvalue weighted by Gasteiger charge is 2.39. The van der Waals surface area contributed by atoms with Crippen molar-refractivity contribution in [3.63, 3.8) is 0 Å². The van der Waals surface area contributed by atoms with E-state index in [1.54, 1.807) is 0 Å². The summed E-state index contributed by atoms with van der Waals surface area (Å²) in [6.45, 7) is 2.71. The van der Waals surface area contributed by atoms with Gasteiger partial charge in [0.2, 0.25) is 0 Å². The van der Waals surface area contributed by atoms with Crippen molar-refractivity contribution in [3.8, 4) is 0 Å². The van der Waals surface area contributed by atoms with Gasteiger partial charge in [-0.15, -0.1) is 0 Å². The summed E-state index contributed by atoms with van der Waals surface area (Å²) >= 11 is 0. The van der Waals surface area contributed by atoms with Gasteiger partial charge in [0, 0.05) is 12.6 Å². The number of carbonyl (C=O) groups excluding carboxylic acids is 1. The van der Waals surface area contributed by atoms with E-state index >= 15 is 0 Å². The minimum absolute atomic E-state index is 0.217. The Bertz CT molecular complexity index is 286. The van der Waals surface area contributed by atoms with Crippen molar-refractivity contribution in [2.24, 2.45) is 5.92 Å². The lowest BCUT2D eigenvalue weighted by molar-refractivity contribution is -0.146.